The zero-order chi connectivity index (χ0) is 23.1. The van der Waals surface area contributed by atoms with E-state index >= 15 is 0 Å². The van der Waals surface area contributed by atoms with Crippen molar-refractivity contribution in [3.05, 3.63) is 60.2 Å². The van der Waals surface area contributed by atoms with Crippen LogP contribution in [0.25, 0.3) is 0 Å². The zero-order valence-electron chi connectivity index (χ0n) is 18.7. The molecule has 3 rings (SSSR count). The second-order valence-corrected chi connectivity index (χ2v) is 10.1. The molecule has 1 N–H and O–H groups in total. The van der Waals surface area contributed by atoms with Crippen molar-refractivity contribution in [1.29, 1.82) is 0 Å². The van der Waals surface area contributed by atoms with Crippen LogP contribution in [0.3, 0.4) is 0 Å². The summed E-state index contributed by atoms with van der Waals surface area (Å²) >= 11 is 0. The number of carbonyl (C=O) groups is 2. The third-order valence-corrected chi connectivity index (χ3v) is 7.55. The Labute approximate surface area is 190 Å². The van der Waals surface area contributed by atoms with Gasteiger partial charge in [0.05, 0.1) is 10.6 Å². The molecule has 32 heavy (non-hydrogen) atoms. The lowest BCUT2D eigenvalue weighted by Crippen LogP contribution is -2.43. The number of anilines is 1. The molecule has 2 amide bonds. The molecule has 1 fully saturated rings. The predicted octanol–water partition coefficient (Wildman–Crippen LogP) is 3.28. The molecule has 0 bridgehead atoms. The highest BCUT2D eigenvalue weighted by Gasteiger charge is 2.26. The number of benzene rings is 2. The SMILES string of the molecule is CCCC(=O)NC[C@@H]1CCCN(C(=O)c2ccc(S(=O)(=O)N(C)c3ccccc3)cc2)C1. The fourth-order valence-corrected chi connectivity index (χ4v) is 5.07. The maximum atomic E-state index is 13.0. The highest BCUT2D eigenvalue weighted by atomic mass is 32.2. The summed E-state index contributed by atoms with van der Waals surface area (Å²) < 4.78 is 27.1. The van der Waals surface area contributed by atoms with E-state index in [0.29, 0.717) is 37.3 Å². The number of nitrogens with zero attached hydrogens (tertiary/aromatic N) is 2. The Balaban J connectivity index is 1.65. The Morgan fingerprint density at radius 2 is 1.78 bits per heavy atom. The molecule has 0 spiro atoms. The molecule has 1 aliphatic heterocycles. The van der Waals surface area contributed by atoms with Gasteiger partial charge in [-0.05, 0) is 61.6 Å². The van der Waals surface area contributed by atoms with E-state index in [2.05, 4.69) is 5.32 Å². The van der Waals surface area contributed by atoms with Gasteiger partial charge in [0.15, 0.2) is 0 Å². The zero-order valence-corrected chi connectivity index (χ0v) is 19.5. The van der Waals surface area contributed by atoms with Crippen LogP contribution >= 0.6 is 0 Å². The van der Waals surface area contributed by atoms with Gasteiger partial charge in [-0.3, -0.25) is 13.9 Å². The van der Waals surface area contributed by atoms with Crippen LogP contribution in [0.1, 0.15) is 43.0 Å². The largest absolute Gasteiger partial charge is 0.356 e. The average molecular weight is 458 g/mol. The fraction of sp³-hybridized carbons (Fsp3) is 0.417. The Morgan fingerprint density at radius 3 is 2.44 bits per heavy atom. The van der Waals surface area contributed by atoms with Gasteiger partial charge in [-0.25, -0.2) is 8.42 Å². The molecule has 0 radical (unpaired) electrons. The summed E-state index contributed by atoms with van der Waals surface area (Å²) in [5, 5.41) is 2.95. The van der Waals surface area contributed by atoms with Gasteiger partial charge in [-0.15, -0.1) is 0 Å². The first-order chi connectivity index (χ1) is 15.3. The lowest BCUT2D eigenvalue weighted by Gasteiger charge is -2.33. The van der Waals surface area contributed by atoms with Crippen molar-refractivity contribution in [3.63, 3.8) is 0 Å². The van der Waals surface area contributed by atoms with Crippen molar-refractivity contribution in [1.82, 2.24) is 10.2 Å². The van der Waals surface area contributed by atoms with Crippen LogP contribution in [0.5, 0.6) is 0 Å². The van der Waals surface area contributed by atoms with E-state index in [0.717, 1.165) is 19.3 Å². The highest BCUT2D eigenvalue weighted by Crippen LogP contribution is 2.23. The Hall–Kier alpha value is -2.87. The maximum absolute atomic E-state index is 13.0. The van der Waals surface area contributed by atoms with Gasteiger partial charge < -0.3 is 10.2 Å². The fourth-order valence-electron chi connectivity index (χ4n) is 3.88. The van der Waals surface area contributed by atoms with Gasteiger partial charge in [0.2, 0.25) is 5.91 Å². The molecule has 2 aromatic carbocycles. The van der Waals surface area contributed by atoms with Crippen molar-refractivity contribution >= 4 is 27.5 Å². The molecule has 2 aromatic rings. The number of hydrogen-bond acceptors (Lipinski definition) is 4. The average Bonchev–Trinajstić information content (AvgIpc) is 2.83. The molecule has 172 valence electrons. The van der Waals surface area contributed by atoms with Crippen LogP contribution in [-0.4, -0.2) is 51.8 Å². The highest BCUT2D eigenvalue weighted by molar-refractivity contribution is 7.92. The maximum Gasteiger partial charge on any atom is 0.264 e. The molecular formula is C24H31N3O4S. The van der Waals surface area contributed by atoms with E-state index in [-0.39, 0.29) is 22.6 Å². The topological polar surface area (TPSA) is 86.8 Å². The summed E-state index contributed by atoms with van der Waals surface area (Å²) in [6.07, 6.45) is 3.19. The molecular weight excluding hydrogens is 426 g/mol. The standard InChI is InChI=1S/C24H31N3O4S/c1-3-8-23(28)25-17-19-9-7-16-27(18-19)24(29)20-12-14-22(15-13-20)32(30,31)26(2)21-10-5-4-6-11-21/h4-6,10-15,19H,3,7-9,16-18H2,1-2H3,(H,25,28)/t19-/m0/s1. The second kappa shape index (κ2) is 10.6. The Morgan fingerprint density at radius 1 is 1.09 bits per heavy atom. The van der Waals surface area contributed by atoms with Crippen LogP contribution in [0.4, 0.5) is 5.69 Å². The molecule has 1 heterocycles. The van der Waals surface area contributed by atoms with E-state index in [4.69, 9.17) is 0 Å². The Kier molecular flexibility index (Phi) is 7.90. The summed E-state index contributed by atoms with van der Waals surface area (Å²) in [4.78, 5) is 26.6. The number of hydrogen-bond donors (Lipinski definition) is 1. The van der Waals surface area contributed by atoms with Gasteiger partial charge in [0.1, 0.15) is 0 Å². The number of rotatable bonds is 8. The van der Waals surface area contributed by atoms with Gasteiger partial charge >= 0.3 is 0 Å². The summed E-state index contributed by atoms with van der Waals surface area (Å²) in [6, 6.07) is 15.0. The third-order valence-electron chi connectivity index (χ3n) is 5.75. The van der Waals surface area contributed by atoms with Gasteiger partial charge in [0, 0.05) is 38.7 Å². The summed E-state index contributed by atoms with van der Waals surface area (Å²) in [5.41, 5.74) is 1.03. The first-order valence-electron chi connectivity index (χ1n) is 11.0. The summed E-state index contributed by atoms with van der Waals surface area (Å²) in [5.74, 6) is 0.163. The van der Waals surface area contributed by atoms with E-state index in [1.54, 1.807) is 41.3 Å². The number of sulfonamides is 1. The van der Waals surface area contributed by atoms with E-state index in [1.807, 2.05) is 13.0 Å². The van der Waals surface area contributed by atoms with Crippen molar-refractivity contribution < 1.29 is 18.0 Å². The van der Waals surface area contributed by atoms with Gasteiger partial charge in [-0.1, -0.05) is 25.1 Å². The molecule has 0 saturated carbocycles. The minimum Gasteiger partial charge on any atom is -0.356 e. The molecule has 1 saturated heterocycles. The quantitative estimate of drug-likeness (QED) is 0.659. The monoisotopic (exact) mass is 457 g/mol. The molecule has 0 aliphatic carbocycles. The normalized spacial score (nSPS) is 16.4. The minimum absolute atomic E-state index is 0.0493. The van der Waals surface area contributed by atoms with Crippen molar-refractivity contribution in [2.45, 2.75) is 37.5 Å². The Bertz CT molecular complexity index is 1020. The minimum atomic E-state index is -3.72. The van der Waals surface area contributed by atoms with Crippen molar-refractivity contribution in [3.8, 4) is 0 Å². The third kappa shape index (κ3) is 5.68. The van der Waals surface area contributed by atoms with Crippen molar-refractivity contribution in [2.24, 2.45) is 5.92 Å². The lowest BCUT2D eigenvalue weighted by atomic mass is 9.97. The van der Waals surface area contributed by atoms with Crippen LogP contribution in [0.15, 0.2) is 59.5 Å². The van der Waals surface area contributed by atoms with E-state index in [9.17, 15) is 18.0 Å². The van der Waals surface area contributed by atoms with E-state index < -0.39 is 10.0 Å². The molecule has 0 aromatic heterocycles. The molecule has 1 aliphatic rings. The van der Waals surface area contributed by atoms with Crippen LogP contribution in [-0.2, 0) is 14.8 Å². The number of nitrogens with one attached hydrogen (secondary N) is 1. The van der Waals surface area contributed by atoms with E-state index in [1.165, 1.54) is 23.5 Å². The molecule has 1 atom stereocenters. The first-order valence-corrected chi connectivity index (χ1v) is 12.5. The second-order valence-electron chi connectivity index (χ2n) is 8.15. The molecule has 0 unspecified atom stereocenters. The molecule has 8 heteroatoms. The van der Waals surface area contributed by atoms with Gasteiger partial charge in [-0.2, -0.15) is 0 Å². The summed E-state index contributed by atoms with van der Waals surface area (Å²) in [6.45, 7) is 3.79. The number of piperidine rings is 1. The number of likely N-dealkylation sites (tertiary alicyclic amines) is 1. The van der Waals surface area contributed by atoms with Crippen molar-refractivity contribution in [2.75, 3.05) is 31.0 Å². The number of amides is 2. The van der Waals surface area contributed by atoms with Crippen LogP contribution < -0.4 is 9.62 Å². The van der Waals surface area contributed by atoms with Crippen LogP contribution in [0.2, 0.25) is 0 Å². The van der Waals surface area contributed by atoms with Gasteiger partial charge in [0.25, 0.3) is 15.9 Å². The summed E-state index contributed by atoms with van der Waals surface area (Å²) in [7, 11) is -2.21. The smallest absolute Gasteiger partial charge is 0.264 e. The number of para-hydroxylation sites is 1. The number of carbonyl (C=O) groups excluding carboxylic acids is 2. The van der Waals surface area contributed by atoms with Crippen LogP contribution in [0, 0.1) is 5.92 Å². The predicted molar refractivity (Wildman–Crippen MR) is 125 cm³/mol. The molecule has 7 nitrogen and oxygen atoms in total. The lowest BCUT2D eigenvalue weighted by molar-refractivity contribution is -0.121. The first kappa shape index (κ1) is 23.8.